The predicted octanol–water partition coefficient (Wildman–Crippen LogP) is 8.94. The zero-order valence-corrected chi connectivity index (χ0v) is 25.4. The van der Waals surface area contributed by atoms with Crippen LogP contribution in [0.4, 0.5) is 0 Å². The van der Waals surface area contributed by atoms with E-state index in [1.807, 2.05) is 60.9 Å². The SMILES string of the molecule is CC(=O)/C=C(/C)O.[CH2-]c1c(-c2ccccn2)sc2ccccc12.[Ir].[c-]1c(-c2ccccn2)sc2ccccc12. The average Bonchev–Trinajstić information content (AvgIpc) is 3.51. The van der Waals surface area contributed by atoms with Gasteiger partial charge in [-0.05, 0) is 51.2 Å². The van der Waals surface area contributed by atoms with Crippen LogP contribution in [-0.2, 0) is 24.9 Å². The smallest absolute Gasteiger partial charge is 0.155 e. The summed E-state index contributed by atoms with van der Waals surface area (Å²) in [6.07, 6.45) is 4.80. The van der Waals surface area contributed by atoms with Crippen molar-refractivity contribution in [3.05, 3.63) is 128 Å². The van der Waals surface area contributed by atoms with E-state index in [0.29, 0.717) is 0 Å². The topological polar surface area (TPSA) is 63.1 Å². The van der Waals surface area contributed by atoms with E-state index in [0.717, 1.165) is 21.8 Å². The molecule has 4 aromatic heterocycles. The Labute approximate surface area is 250 Å². The molecule has 0 aliphatic rings. The van der Waals surface area contributed by atoms with Crippen molar-refractivity contribution in [1.29, 1.82) is 0 Å². The molecule has 199 valence electrons. The predicted molar refractivity (Wildman–Crippen MR) is 160 cm³/mol. The fourth-order valence-electron chi connectivity index (χ4n) is 3.63. The van der Waals surface area contributed by atoms with Gasteiger partial charge in [0.2, 0.25) is 0 Å². The molecule has 1 N–H and O–H groups in total. The van der Waals surface area contributed by atoms with Gasteiger partial charge in [0.25, 0.3) is 0 Å². The zero-order chi connectivity index (χ0) is 26.9. The molecule has 6 aromatic rings. The monoisotopic (exact) mass is 727 g/mol. The molecule has 4 nitrogen and oxygen atoms in total. The van der Waals surface area contributed by atoms with Crippen molar-refractivity contribution < 1.29 is 30.0 Å². The first kappa shape index (κ1) is 29.9. The summed E-state index contributed by atoms with van der Waals surface area (Å²) in [6.45, 7) is 7.00. The minimum atomic E-state index is -0.125. The number of hydrogen-bond donors (Lipinski definition) is 1. The minimum Gasteiger partial charge on any atom is -0.512 e. The molecule has 0 aliphatic heterocycles. The number of allylic oxidation sites excluding steroid dienone is 2. The summed E-state index contributed by atoms with van der Waals surface area (Å²) in [4.78, 5) is 21.0. The fraction of sp³-hybridized carbons (Fsp3) is 0.0625. The van der Waals surface area contributed by atoms with Gasteiger partial charge in [-0.25, -0.2) is 22.7 Å². The number of fused-ring (bicyclic) bond motifs is 2. The van der Waals surface area contributed by atoms with Gasteiger partial charge in [-0.3, -0.25) is 9.78 Å². The maximum absolute atomic E-state index is 10.0. The van der Waals surface area contributed by atoms with Gasteiger partial charge in [-0.15, -0.1) is 35.0 Å². The molecule has 0 saturated heterocycles. The molecule has 0 fully saturated rings. The Balaban J connectivity index is 0.000000172. The van der Waals surface area contributed by atoms with Crippen LogP contribution in [0.25, 0.3) is 41.3 Å². The summed E-state index contributed by atoms with van der Waals surface area (Å²) in [5.41, 5.74) is 3.09. The van der Waals surface area contributed by atoms with E-state index < -0.39 is 0 Å². The molecule has 0 unspecified atom stereocenters. The normalized spacial score (nSPS) is 10.6. The van der Waals surface area contributed by atoms with Crippen molar-refractivity contribution >= 4 is 48.6 Å². The number of pyridine rings is 2. The molecular formula is C32H26IrN2O2S2-2. The van der Waals surface area contributed by atoms with Gasteiger partial charge >= 0.3 is 0 Å². The number of thiophene rings is 2. The van der Waals surface area contributed by atoms with Gasteiger partial charge in [-0.1, -0.05) is 48.5 Å². The van der Waals surface area contributed by atoms with Crippen LogP contribution in [0, 0.1) is 13.0 Å². The Hall–Kier alpha value is -3.61. The third-order valence-corrected chi connectivity index (χ3v) is 7.58. The van der Waals surface area contributed by atoms with Crippen molar-refractivity contribution in [3.8, 4) is 21.1 Å². The molecule has 0 saturated carbocycles. The van der Waals surface area contributed by atoms with Crippen molar-refractivity contribution in [2.75, 3.05) is 0 Å². The standard InChI is InChI=1S/C14H10NS.C13H8NS.C5H8O2.Ir/c1-10-11-6-2-3-8-13(11)16-14(10)12-7-4-5-9-15-12;1-2-7-12-10(5-1)9-13(15-12)11-6-3-4-8-14-11;1-4(6)3-5(2)7;/h2-9H,1H2;1-8H;3,6H,1-2H3;/q2*-1;;/b;;4-3-;. The molecule has 4 heterocycles. The third-order valence-electron chi connectivity index (χ3n) is 5.25. The van der Waals surface area contributed by atoms with Crippen LogP contribution in [0.1, 0.15) is 19.4 Å². The summed E-state index contributed by atoms with van der Waals surface area (Å²) in [5, 5.41) is 10.8. The van der Waals surface area contributed by atoms with Crippen LogP contribution in [0.15, 0.2) is 109 Å². The Bertz CT molecular complexity index is 1640. The summed E-state index contributed by atoms with van der Waals surface area (Å²) in [7, 11) is 0. The summed E-state index contributed by atoms with van der Waals surface area (Å²) >= 11 is 3.48. The van der Waals surface area contributed by atoms with E-state index in [1.54, 1.807) is 22.7 Å². The molecular weight excluding hydrogens is 701 g/mol. The molecule has 0 spiro atoms. The number of rotatable bonds is 3. The second-order valence-electron chi connectivity index (χ2n) is 8.28. The second-order valence-corrected chi connectivity index (χ2v) is 10.4. The van der Waals surface area contributed by atoms with E-state index in [-0.39, 0.29) is 31.6 Å². The summed E-state index contributed by atoms with van der Waals surface area (Å²) < 4.78 is 2.53. The van der Waals surface area contributed by atoms with E-state index in [2.05, 4.69) is 59.4 Å². The average molecular weight is 727 g/mol. The summed E-state index contributed by atoms with van der Waals surface area (Å²) in [5.74, 6) is -0.0625. The fourth-order valence-corrected chi connectivity index (χ4v) is 5.74. The van der Waals surface area contributed by atoms with E-state index in [9.17, 15) is 4.79 Å². The van der Waals surface area contributed by atoms with E-state index in [1.165, 1.54) is 45.0 Å². The Morgan fingerprint density at radius 2 is 1.41 bits per heavy atom. The number of aliphatic hydroxyl groups excluding tert-OH is 1. The van der Waals surface area contributed by atoms with Crippen molar-refractivity contribution in [2.45, 2.75) is 13.8 Å². The van der Waals surface area contributed by atoms with Crippen molar-refractivity contribution in [1.82, 2.24) is 9.97 Å². The van der Waals surface area contributed by atoms with Crippen LogP contribution >= 0.6 is 22.7 Å². The number of benzene rings is 2. The molecule has 0 aliphatic carbocycles. The maximum Gasteiger partial charge on any atom is 0.155 e. The zero-order valence-electron chi connectivity index (χ0n) is 21.4. The molecule has 2 aromatic carbocycles. The van der Waals surface area contributed by atoms with Crippen LogP contribution in [0.3, 0.4) is 0 Å². The van der Waals surface area contributed by atoms with Crippen LogP contribution in [0.5, 0.6) is 0 Å². The third kappa shape index (κ3) is 8.19. The largest absolute Gasteiger partial charge is 0.512 e. The first-order chi connectivity index (χ1) is 18.4. The first-order valence-corrected chi connectivity index (χ1v) is 13.5. The molecule has 7 heteroatoms. The summed E-state index contributed by atoms with van der Waals surface area (Å²) in [6, 6.07) is 31.9. The number of nitrogens with zero attached hydrogens (tertiary/aromatic N) is 2. The molecule has 0 bridgehead atoms. The number of ketones is 1. The van der Waals surface area contributed by atoms with E-state index in [4.69, 9.17) is 5.11 Å². The molecule has 1 radical (unpaired) electrons. The number of aliphatic hydroxyl groups is 1. The van der Waals surface area contributed by atoms with Gasteiger partial charge in [0, 0.05) is 50.0 Å². The second kappa shape index (κ2) is 14.5. The minimum absolute atomic E-state index is 0. The number of carbonyl (C=O) groups excluding carboxylic acids is 1. The van der Waals surface area contributed by atoms with Gasteiger partial charge < -0.3 is 10.1 Å². The van der Waals surface area contributed by atoms with Gasteiger partial charge in [0.05, 0.1) is 5.76 Å². The van der Waals surface area contributed by atoms with Crippen molar-refractivity contribution in [3.63, 3.8) is 0 Å². The van der Waals surface area contributed by atoms with Crippen LogP contribution in [-0.4, -0.2) is 20.9 Å². The number of hydrogen-bond acceptors (Lipinski definition) is 6. The van der Waals surface area contributed by atoms with Gasteiger partial charge in [-0.2, -0.15) is 12.5 Å². The van der Waals surface area contributed by atoms with Crippen molar-refractivity contribution in [2.24, 2.45) is 0 Å². The Morgan fingerprint density at radius 1 is 0.821 bits per heavy atom. The van der Waals surface area contributed by atoms with Crippen LogP contribution in [0.2, 0.25) is 0 Å². The molecule has 6 rings (SSSR count). The molecule has 39 heavy (non-hydrogen) atoms. The van der Waals surface area contributed by atoms with E-state index >= 15 is 0 Å². The van der Waals surface area contributed by atoms with Gasteiger partial charge in [0.15, 0.2) is 5.78 Å². The number of aromatic nitrogens is 2. The van der Waals surface area contributed by atoms with Gasteiger partial charge in [0.1, 0.15) is 0 Å². The maximum atomic E-state index is 10.0. The number of carbonyl (C=O) groups is 1. The quantitative estimate of drug-likeness (QED) is 0.112. The molecule has 0 amide bonds. The van der Waals surface area contributed by atoms with Crippen LogP contribution < -0.4 is 0 Å². The Morgan fingerprint density at radius 3 is 1.95 bits per heavy atom. The molecule has 0 atom stereocenters. The first-order valence-electron chi connectivity index (χ1n) is 11.9. The Kier molecular flexibility index (Phi) is 11.1.